The van der Waals surface area contributed by atoms with Crippen molar-refractivity contribution >= 4 is 15.8 Å². The van der Waals surface area contributed by atoms with Gasteiger partial charge in [0, 0.05) is 12.1 Å². The second-order valence-corrected chi connectivity index (χ2v) is 3.89. The molecule has 0 aromatic heterocycles. The van der Waals surface area contributed by atoms with Crippen LogP contribution >= 0.6 is 0 Å². The minimum absolute atomic E-state index is 0.380. The number of nitro benzene ring substituents is 1. The standard InChI is InChI=1S/C6H5NO5S.HNO3/c8-7(9)5-2-1-3-6(4-5)13(10,11)12;2-1(3)4/h1-4H,(H,10,11,12);(H,2,3,4). The molecule has 0 unspecified atom stereocenters. The van der Waals surface area contributed by atoms with Crippen molar-refractivity contribution in [3.63, 3.8) is 0 Å². The fourth-order valence-electron chi connectivity index (χ4n) is 0.758. The summed E-state index contributed by atoms with van der Waals surface area (Å²) >= 11 is 0. The number of hydrogen-bond donors (Lipinski definition) is 2. The maximum atomic E-state index is 10.5. The van der Waals surface area contributed by atoms with E-state index in [1.807, 2.05) is 0 Å². The van der Waals surface area contributed by atoms with Gasteiger partial charge in [-0.25, -0.2) is 0 Å². The number of non-ortho nitro benzene ring substituents is 1. The predicted octanol–water partition coefficient (Wildman–Crippen LogP) is 0.494. The Labute approximate surface area is 94.1 Å². The zero-order chi connectivity index (χ0) is 13.6. The Morgan fingerprint density at radius 1 is 1.18 bits per heavy atom. The first-order valence-corrected chi connectivity index (χ1v) is 5.14. The summed E-state index contributed by atoms with van der Waals surface area (Å²) in [6, 6.07) is 4.17. The Balaban J connectivity index is 0.000000557. The van der Waals surface area contributed by atoms with Gasteiger partial charge in [-0.1, -0.05) is 6.07 Å². The molecule has 0 aliphatic carbocycles. The lowest BCUT2D eigenvalue weighted by Crippen LogP contribution is -1.98. The highest BCUT2D eigenvalue weighted by atomic mass is 32.2. The van der Waals surface area contributed by atoms with Gasteiger partial charge in [0.15, 0.2) is 0 Å². The SMILES string of the molecule is O=[N+]([O-])O.O=[N+]([O-])c1cccc(S(=O)(=O)O)c1. The van der Waals surface area contributed by atoms with Crippen LogP contribution in [0.4, 0.5) is 5.69 Å². The van der Waals surface area contributed by atoms with Crippen molar-refractivity contribution in [2.24, 2.45) is 0 Å². The summed E-state index contributed by atoms with van der Waals surface area (Å²) in [6.45, 7) is 0. The molecule has 10 nitrogen and oxygen atoms in total. The molecule has 2 N–H and O–H groups in total. The molecular formula is C6H6N2O8S. The van der Waals surface area contributed by atoms with E-state index in [2.05, 4.69) is 0 Å². The Morgan fingerprint density at radius 3 is 2.00 bits per heavy atom. The van der Waals surface area contributed by atoms with Crippen LogP contribution in [0.2, 0.25) is 0 Å². The summed E-state index contributed by atoms with van der Waals surface area (Å²) in [5.41, 5.74) is -0.380. The first-order chi connectivity index (χ1) is 7.64. The second kappa shape index (κ2) is 5.72. The number of benzene rings is 1. The molecule has 0 atom stereocenters. The third-order valence-corrected chi connectivity index (χ3v) is 2.18. The van der Waals surface area contributed by atoms with Crippen molar-refractivity contribution in [3.05, 3.63) is 44.5 Å². The summed E-state index contributed by atoms with van der Waals surface area (Å²) in [7, 11) is -4.36. The molecule has 1 aromatic rings. The van der Waals surface area contributed by atoms with Gasteiger partial charge in [-0.15, -0.1) is 10.1 Å². The topological polar surface area (TPSA) is 161 Å². The van der Waals surface area contributed by atoms with Gasteiger partial charge in [0.2, 0.25) is 0 Å². The van der Waals surface area contributed by atoms with Gasteiger partial charge in [-0.05, 0) is 6.07 Å². The molecule has 0 amide bonds. The van der Waals surface area contributed by atoms with Crippen LogP contribution in [0.15, 0.2) is 29.2 Å². The third kappa shape index (κ3) is 6.01. The van der Waals surface area contributed by atoms with Crippen molar-refractivity contribution in [2.45, 2.75) is 4.90 Å². The highest BCUT2D eigenvalue weighted by molar-refractivity contribution is 7.85. The Morgan fingerprint density at radius 2 is 1.65 bits per heavy atom. The zero-order valence-electron chi connectivity index (χ0n) is 7.96. The smallest absolute Gasteiger partial charge is 0.294 e. The summed E-state index contributed by atoms with van der Waals surface area (Å²) < 4.78 is 29.6. The van der Waals surface area contributed by atoms with Gasteiger partial charge >= 0.3 is 0 Å². The van der Waals surface area contributed by atoms with Crippen LogP contribution in [-0.2, 0) is 10.1 Å². The normalized spacial score (nSPS) is 9.94. The lowest BCUT2D eigenvalue weighted by molar-refractivity contribution is -0.742. The highest BCUT2D eigenvalue weighted by Crippen LogP contribution is 2.16. The van der Waals surface area contributed by atoms with Crippen molar-refractivity contribution in [3.8, 4) is 0 Å². The average molecular weight is 266 g/mol. The van der Waals surface area contributed by atoms with Crippen LogP contribution in [0.3, 0.4) is 0 Å². The lowest BCUT2D eigenvalue weighted by atomic mass is 10.3. The fraction of sp³-hybridized carbons (Fsp3) is 0. The summed E-state index contributed by atoms with van der Waals surface area (Å²) in [5, 5.41) is 23.8. The molecule has 0 radical (unpaired) electrons. The van der Waals surface area contributed by atoms with E-state index < -0.39 is 25.0 Å². The molecule has 1 rings (SSSR count). The monoisotopic (exact) mass is 266 g/mol. The molecule has 0 saturated heterocycles. The fourth-order valence-corrected chi connectivity index (χ4v) is 1.28. The quantitative estimate of drug-likeness (QED) is 0.444. The molecule has 0 heterocycles. The van der Waals surface area contributed by atoms with Crippen LogP contribution in [0.5, 0.6) is 0 Å². The molecule has 11 heteroatoms. The zero-order valence-corrected chi connectivity index (χ0v) is 8.77. The molecule has 1 aromatic carbocycles. The van der Waals surface area contributed by atoms with E-state index in [1.54, 1.807) is 0 Å². The van der Waals surface area contributed by atoms with Gasteiger partial charge in [0.1, 0.15) is 4.90 Å². The number of rotatable bonds is 2. The molecule has 17 heavy (non-hydrogen) atoms. The maximum Gasteiger partial charge on any atom is 0.294 e. The molecule has 94 valence electrons. The Bertz CT molecular complexity index is 521. The third-order valence-electron chi connectivity index (χ3n) is 1.33. The molecule has 0 fully saturated rings. The minimum Gasteiger partial charge on any atom is -0.328 e. The van der Waals surface area contributed by atoms with Crippen LogP contribution in [-0.4, -0.2) is 28.2 Å². The van der Waals surface area contributed by atoms with E-state index in [0.29, 0.717) is 0 Å². The number of nitrogens with zero attached hydrogens (tertiary/aromatic N) is 2. The van der Waals surface area contributed by atoms with Crippen molar-refractivity contribution < 1.29 is 28.2 Å². The second-order valence-electron chi connectivity index (χ2n) is 2.47. The summed E-state index contributed by atoms with van der Waals surface area (Å²) in [5.74, 6) is 0. The molecule has 0 aliphatic heterocycles. The Kier molecular flexibility index (Phi) is 4.95. The van der Waals surface area contributed by atoms with E-state index in [-0.39, 0.29) is 5.69 Å². The number of nitro groups is 1. The van der Waals surface area contributed by atoms with Crippen LogP contribution in [0.25, 0.3) is 0 Å². The van der Waals surface area contributed by atoms with Crippen molar-refractivity contribution in [1.82, 2.24) is 0 Å². The minimum atomic E-state index is -4.36. The van der Waals surface area contributed by atoms with Gasteiger partial charge < -0.3 is 5.21 Å². The van der Waals surface area contributed by atoms with E-state index >= 15 is 0 Å². The van der Waals surface area contributed by atoms with E-state index in [4.69, 9.17) is 19.9 Å². The van der Waals surface area contributed by atoms with Gasteiger partial charge in [-0.2, -0.15) is 8.42 Å². The van der Waals surface area contributed by atoms with Gasteiger partial charge in [0.25, 0.3) is 20.9 Å². The average Bonchev–Trinajstić information content (AvgIpc) is 2.15. The lowest BCUT2D eigenvalue weighted by Gasteiger charge is -1.95. The maximum absolute atomic E-state index is 10.5. The molecule has 0 saturated carbocycles. The van der Waals surface area contributed by atoms with E-state index in [1.165, 1.54) is 6.07 Å². The number of hydrogen-bond acceptors (Lipinski definition) is 6. The first kappa shape index (κ1) is 14.7. The molecule has 0 spiro atoms. The van der Waals surface area contributed by atoms with Crippen LogP contribution in [0, 0.1) is 20.2 Å². The Hall–Kier alpha value is -2.27. The van der Waals surface area contributed by atoms with Crippen molar-refractivity contribution in [2.75, 3.05) is 0 Å². The molecule has 0 bridgehead atoms. The van der Waals surface area contributed by atoms with Gasteiger partial charge in [-0.3, -0.25) is 14.7 Å². The van der Waals surface area contributed by atoms with E-state index in [9.17, 15) is 18.5 Å². The first-order valence-electron chi connectivity index (χ1n) is 3.70. The summed E-state index contributed by atoms with van der Waals surface area (Å²) in [4.78, 5) is 17.3. The van der Waals surface area contributed by atoms with Gasteiger partial charge in [0.05, 0.1) is 4.92 Å². The summed E-state index contributed by atoms with van der Waals surface area (Å²) in [6.07, 6.45) is 0. The molecular weight excluding hydrogens is 260 g/mol. The van der Waals surface area contributed by atoms with Crippen LogP contribution < -0.4 is 0 Å². The highest BCUT2D eigenvalue weighted by Gasteiger charge is 2.13. The molecule has 0 aliphatic rings. The predicted molar refractivity (Wildman–Crippen MR) is 51.7 cm³/mol. The largest absolute Gasteiger partial charge is 0.328 e. The van der Waals surface area contributed by atoms with Crippen LogP contribution in [0.1, 0.15) is 0 Å². The van der Waals surface area contributed by atoms with Crippen molar-refractivity contribution in [1.29, 1.82) is 0 Å². The van der Waals surface area contributed by atoms with E-state index in [0.717, 1.165) is 18.2 Å².